The highest BCUT2D eigenvalue weighted by Crippen LogP contribution is 2.35. The Kier molecular flexibility index (Phi) is 5.34. The van der Waals surface area contributed by atoms with Crippen LogP contribution in [0.3, 0.4) is 0 Å². The van der Waals surface area contributed by atoms with E-state index in [-0.39, 0.29) is 33.8 Å². The van der Waals surface area contributed by atoms with Crippen molar-refractivity contribution in [1.29, 1.82) is 0 Å². The lowest BCUT2D eigenvalue weighted by molar-refractivity contribution is 0.102. The molecule has 3 aromatic rings. The zero-order valence-electron chi connectivity index (χ0n) is 17.5. The van der Waals surface area contributed by atoms with Gasteiger partial charge >= 0.3 is 5.69 Å². The Bertz CT molecular complexity index is 1250. The monoisotopic (exact) mass is 441 g/mol. The molecule has 1 aromatic carbocycles. The number of nitrogen functional groups attached to an aromatic ring is 1. The van der Waals surface area contributed by atoms with Crippen LogP contribution in [0.25, 0.3) is 11.5 Å². The van der Waals surface area contributed by atoms with Crippen molar-refractivity contribution >= 4 is 23.4 Å². The molecule has 10 heteroatoms. The quantitative estimate of drug-likeness (QED) is 0.440. The summed E-state index contributed by atoms with van der Waals surface area (Å²) in [4.78, 5) is 39.0. The summed E-state index contributed by atoms with van der Waals surface area (Å²) in [6.45, 7) is 6.40. The van der Waals surface area contributed by atoms with Crippen LogP contribution in [-0.4, -0.2) is 31.3 Å². The van der Waals surface area contributed by atoms with Gasteiger partial charge in [-0.25, -0.2) is 4.79 Å². The summed E-state index contributed by atoms with van der Waals surface area (Å²) in [6.07, 6.45) is 1.58. The van der Waals surface area contributed by atoms with Crippen LogP contribution in [0.4, 0.5) is 5.82 Å². The topological polar surface area (TPSA) is 137 Å². The van der Waals surface area contributed by atoms with Crippen molar-refractivity contribution in [2.24, 2.45) is 0 Å². The maximum absolute atomic E-state index is 12.6. The predicted octanol–water partition coefficient (Wildman–Crippen LogP) is 2.78. The molecule has 31 heavy (non-hydrogen) atoms. The molecule has 4 rings (SSSR count). The minimum atomic E-state index is -0.782. The van der Waals surface area contributed by atoms with Crippen molar-refractivity contribution in [2.45, 2.75) is 50.3 Å². The lowest BCUT2D eigenvalue weighted by Crippen LogP contribution is -2.36. The number of carbonyl (C=O) groups excluding carboxylic acids is 1. The highest BCUT2D eigenvalue weighted by atomic mass is 32.2. The highest BCUT2D eigenvalue weighted by molar-refractivity contribution is 7.99. The van der Waals surface area contributed by atoms with E-state index in [1.807, 2.05) is 24.3 Å². The highest BCUT2D eigenvalue weighted by Gasteiger charge is 2.30. The van der Waals surface area contributed by atoms with Gasteiger partial charge in [0.1, 0.15) is 11.4 Å². The third kappa shape index (κ3) is 4.34. The molecule has 0 bridgehead atoms. The summed E-state index contributed by atoms with van der Waals surface area (Å²) in [5, 5.41) is 8.20. The summed E-state index contributed by atoms with van der Waals surface area (Å²) < 4.78 is 6.93. The number of carbonyl (C=O) groups is 1. The van der Waals surface area contributed by atoms with E-state index >= 15 is 0 Å². The normalized spacial score (nSPS) is 14.0. The first kappa shape index (κ1) is 21.1. The standard InChI is InChI=1S/C21H23N5O4S/c1-21(2,3)12-6-4-11(5-7-12)18-24-25-20(30-18)31-10-14(27)15-16(22)26(13-8-9-13)19(29)23-17(15)28/h4-7,13H,8-10,22H2,1-3H3,(H,23,28,29). The number of anilines is 1. The van der Waals surface area contributed by atoms with Gasteiger partial charge in [0.2, 0.25) is 5.89 Å². The summed E-state index contributed by atoms with van der Waals surface area (Å²) in [5.74, 6) is -0.379. The second-order valence-electron chi connectivity index (χ2n) is 8.53. The summed E-state index contributed by atoms with van der Waals surface area (Å²) in [5.41, 5.74) is 6.40. The van der Waals surface area contributed by atoms with Crippen molar-refractivity contribution < 1.29 is 9.21 Å². The molecule has 2 heterocycles. The average molecular weight is 442 g/mol. The number of rotatable bonds is 6. The maximum Gasteiger partial charge on any atom is 0.330 e. The number of ketones is 1. The number of nitrogens with two attached hydrogens (primary N) is 1. The number of benzene rings is 1. The Labute approximate surface area is 182 Å². The maximum atomic E-state index is 12.6. The van der Waals surface area contributed by atoms with Crippen molar-refractivity contribution in [3.05, 3.63) is 56.2 Å². The molecule has 9 nitrogen and oxygen atoms in total. The Balaban J connectivity index is 1.48. The smallest absolute Gasteiger partial charge is 0.330 e. The van der Waals surface area contributed by atoms with E-state index in [2.05, 4.69) is 36.0 Å². The number of Topliss-reactive ketones (excluding diaryl/α,β-unsaturated/α-hetero) is 1. The molecule has 1 fully saturated rings. The van der Waals surface area contributed by atoms with Crippen LogP contribution in [0.5, 0.6) is 0 Å². The summed E-state index contributed by atoms with van der Waals surface area (Å²) in [6, 6.07) is 7.79. The van der Waals surface area contributed by atoms with E-state index < -0.39 is 17.0 Å². The van der Waals surface area contributed by atoms with Crippen LogP contribution in [0.15, 0.2) is 43.5 Å². The molecule has 0 unspecified atom stereocenters. The minimum absolute atomic E-state index is 0.0381. The van der Waals surface area contributed by atoms with Gasteiger partial charge in [-0.3, -0.25) is 19.1 Å². The first-order chi connectivity index (χ1) is 14.6. The van der Waals surface area contributed by atoms with E-state index in [1.54, 1.807) is 0 Å². The van der Waals surface area contributed by atoms with Gasteiger partial charge in [-0.1, -0.05) is 44.7 Å². The van der Waals surface area contributed by atoms with E-state index in [4.69, 9.17) is 10.2 Å². The van der Waals surface area contributed by atoms with Gasteiger partial charge in [0.25, 0.3) is 10.8 Å². The third-order valence-electron chi connectivity index (χ3n) is 5.10. The Hall–Kier alpha value is -3.14. The van der Waals surface area contributed by atoms with Crippen molar-refractivity contribution in [3.8, 4) is 11.5 Å². The van der Waals surface area contributed by atoms with E-state index in [1.165, 1.54) is 10.1 Å². The zero-order valence-corrected chi connectivity index (χ0v) is 18.3. The number of aromatic nitrogens is 4. The lowest BCUT2D eigenvalue weighted by atomic mass is 9.87. The number of nitrogens with zero attached hydrogens (tertiary/aromatic N) is 3. The molecular weight excluding hydrogens is 418 g/mol. The van der Waals surface area contributed by atoms with Gasteiger partial charge in [0.15, 0.2) is 5.78 Å². The minimum Gasteiger partial charge on any atom is -0.411 e. The first-order valence-corrected chi connectivity index (χ1v) is 10.9. The molecule has 0 radical (unpaired) electrons. The van der Waals surface area contributed by atoms with Gasteiger partial charge in [-0.2, -0.15) is 0 Å². The van der Waals surface area contributed by atoms with Crippen molar-refractivity contribution in [2.75, 3.05) is 11.5 Å². The number of hydrogen-bond acceptors (Lipinski definition) is 8. The largest absolute Gasteiger partial charge is 0.411 e. The van der Waals surface area contributed by atoms with Gasteiger partial charge in [-0.05, 0) is 36.0 Å². The van der Waals surface area contributed by atoms with Crippen molar-refractivity contribution in [3.63, 3.8) is 0 Å². The van der Waals surface area contributed by atoms with Crippen molar-refractivity contribution in [1.82, 2.24) is 19.7 Å². The van der Waals surface area contributed by atoms with E-state index in [9.17, 15) is 14.4 Å². The SMILES string of the molecule is CC(C)(C)c1ccc(-c2nnc(SCC(=O)c3c(N)n(C4CC4)c(=O)[nH]c3=O)o2)cc1. The molecule has 1 saturated carbocycles. The fraction of sp³-hybridized carbons (Fsp3) is 0.381. The fourth-order valence-electron chi connectivity index (χ4n) is 3.23. The lowest BCUT2D eigenvalue weighted by Gasteiger charge is -2.18. The van der Waals surface area contributed by atoms with E-state index in [0.717, 1.165) is 30.2 Å². The number of H-pyrrole nitrogens is 1. The van der Waals surface area contributed by atoms with Gasteiger partial charge in [0, 0.05) is 11.6 Å². The molecule has 0 amide bonds. The molecule has 0 aliphatic heterocycles. The van der Waals surface area contributed by atoms with Gasteiger partial charge in [0.05, 0.1) is 5.75 Å². The molecule has 0 saturated heterocycles. The Morgan fingerprint density at radius 3 is 2.52 bits per heavy atom. The van der Waals surface area contributed by atoms with Crippen LogP contribution in [0.2, 0.25) is 0 Å². The summed E-state index contributed by atoms with van der Waals surface area (Å²) in [7, 11) is 0. The van der Waals surface area contributed by atoms with Crippen LogP contribution in [0, 0.1) is 0 Å². The molecule has 162 valence electrons. The molecule has 3 N–H and O–H groups in total. The van der Waals surface area contributed by atoms with Crippen LogP contribution in [0.1, 0.15) is 55.6 Å². The predicted molar refractivity (Wildman–Crippen MR) is 117 cm³/mol. The fourth-order valence-corrected chi connectivity index (χ4v) is 3.86. The third-order valence-corrected chi connectivity index (χ3v) is 5.92. The number of thioether (sulfide) groups is 1. The molecule has 0 spiro atoms. The molecular formula is C21H23N5O4S. The Morgan fingerprint density at radius 2 is 1.90 bits per heavy atom. The number of aromatic amines is 1. The second-order valence-corrected chi connectivity index (χ2v) is 9.46. The number of nitrogens with one attached hydrogen (secondary N) is 1. The molecule has 0 atom stereocenters. The van der Waals surface area contributed by atoms with Gasteiger partial charge in [-0.15, -0.1) is 10.2 Å². The van der Waals surface area contributed by atoms with Crippen LogP contribution < -0.4 is 17.0 Å². The summed E-state index contributed by atoms with van der Waals surface area (Å²) >= 11 is 1.01. The molecule has 1 aliphatic rings. The molecule has 2 aromatic heterocycles. The zero-order chi connectivity index (χ0) is 22.3. The van der Waals surface area contributed by atoms with Crippen LogP contribution in [-0.2, 0) is 5.41 Å². The first-order valence-electron chi connectivity index (χ1n) is 9.90. The van der Waals surface area contributed by atoms with E-state index in [0.29, 0.717) is 5.89 Å². The molecule has 1 aliphatic carbocycles. The van der Waals surface area contributed by atoms with Crippen LogP contribution >= 0.6 is 11.8 Å². The second kappa shape index (κ2) is 7.84. The average Bonchev–Trinajstić information content (AvgIpc) is 3.41. The number of hydrogen-bond donors (Lipinski definition) is 2. The van der Waals surface area contributed by atoms with Gasteiger partial charge < -0.3 is 10.2 Å². The Morgan fingerprint density at radius 1 is 1.23 bits per heavy atom.